The number of nitrogens with zero attached hydrogens (tertiary/aromatic N) is 1. The number of aliphatic carboxylic acids is 2. The lowest BCUT2D eigenvalue weighted by Crippen LogP contribution is -2.42. The molecule has 32 heavy (non-hydrogen) atoms. The van der Waals surface area contributed by atoms with Gasteiger partial charge in [0.05, 0.1) is 13.1 Å². The third kappa shape index (κ3) is 20.8. The van der Waals surface area contributed by atoms with E-state index in [1.807, 2.05) is 0 Å². The average molecular weight is 456 g/mol. The molecule has 0 aromatic heterocycles. The lowest BCUT2D eigenvalue weighted by atomic mass is 9.98. The van der Waals surface area contributed by atoms with E-state index in [4.69, 9.17) is 0 Å². The summed E-state index contributed by atoms with van der Waals surface area (Å²) < 4.78 is 0. The van der Waals surface area contributed by atoms with Crippen molar-refractivity contribution in [2.24, 2.45) is 0 Å². The average Bonchev–Trinajstić information content (AvgIpc) is 2.74. The Kier molecular flexibility index (Phi) is 22.3. The Labute approximate surface area is 198 Å². The Morgan fingerprint density at radius 3 is 1.09 bits per heavy atom. The van der Waals surface area contributed by atoms with Gasteiger partial charge in [-0.25, -0.2) is 0 Å². The molecule has 0 aliphatic rings. The lowest BCUT2D eigenvalue weighted by molar-refractivity contribution is -0.143. The van der Waals surface area contributed by atoms with Gasteiger partial charge in [0.2, 0.25) is 0 Å². The van der Waals surface area contributed by atoms with Crippen LogP contribution in [0.25, 0.3) is 0 Å². The van der Waals surface area contributed by atoms with Crippen LogP contribution in [-0.4, -0.2) is 46.2 Å². The molecule has 190 valence electrons. The molecule has 2 N–H and O–H groups in total. The highest BCUT2D eigenvalue weighted by molar-refractivity contribution is 5.72. The second-order valence-electron chi connectivity index (χ2n) is 9.58. The van der Waals surface area contributed by atoms with E-state index in [-0.39, 0.29) is 19.1 Å². The van der Waals surface area contributed by atoms with Crippen molar-refractivity contribution in [2.45, 2.75) is 148 Å². The summed E-state index contributed by atoms with van der Waals surface area (Å²) in [4.78, 5) is 24.3. The number of hydrogen-bond acceptors (Lipinski definition) is 3. The summed E-state index contributed by atoms with van der Waals surface area (Å²) in [5.74, 6) is -1.87. The standard InChI is InChI=1S/C27H53NO4/c1-3-5-7-9-11-13-15-17-19-21-25(28(23-26(29)30)24-27(31)32)22-20-18-16-14-12-10-8-6-4-2/h25H,3-24H2,1-2H3,(H,29,30)(H,31,32). The number of carboxylic acid groups (broad SMARTS) is 2. The molecule has 0 aromatic carbocycles. The molecule has 0 atom stereocenters. The van der Waals surface area contributed by atoms with Crippen LogP contribution in [0.4, 0.5) is 0 Å². The Morgan fingerprint density at radius 2 is 0.812 bits per heavy atom. The van der Waals surface area contributed by atoms with Crippen molar-refractivity contribution in [3.05, 3.63) is 0 Å². The summed E-state index contributed by atoms with van der Waals surface area (Å²) in [6.07, 6.45) is 24.5. The normalized spacial score (nSPS) is 11.5. The molecule has 0 amide bonds. The minimum absolute atomic E-state index is 0.0660. The van der Waals surface area contributed by atoms with Gasteiger partial charge in [0.25, 0.3) is 0 Å². The van der Waals surface area contributed by atoms with Gasteiger partial charge in [0.1, 0.15) is 0 Å². The van der Waals surface area contributed by atoms with Crippen LogP contribution in [0.1, 0.15) is 142 Å². The first-order valence-corrected chi connectivity index (χ1v) is 13.7. The largest absolute Gasteiger partial charge is 0.480 e. The summed E-state index contributed by atoms with van der Waals surface area (Å²) in [6.45, 7) is 4.13. The van der Waals surface area contributed by atoms with Crippen molar-refractivity contribution < 1.29 is 19.8 Å². The monoisotopic (exact) mass is 455 g/mol. The Hall–Kier alpha value is -1.10. The highest BCUT2D eigenvalue weighted by Gasteiger charge is 2.22. The first-order chi connectivity index (χ1) is 15.5. The molecule has 0 heterocycles. The minimum atomic E-state index is -0.935. The highest BCUT2D eigenvalue weighted by Crippen LogP contribution is 2.19. The molecule has 5 heteroatoms. The van der Waals surface area contributed by atoms with E-state index in [2.05, 4.69) is 13.8 Å². The number of hydrogen-bond donors (Lipinski definition) is 2. The Morgan fingerprint density at radius 1 is 0.531 bits per heavy atom. The smallest absolute Gasteiger partial charge is 0.317 e. The zero-order chi connectivity index (χ0) is 23.9. The Balaban J connectivity index is 4.29. The number of carboxylic acids is 2. The van der Waals surface area contributed by atoms with Gasteiger partial charge in [-0.2, -0.15) is 0 Å². The second kappa shape index (κ2) is 23.1. The topological polar surface area (TPSA) is 77.8 Å². The third-order valence-corrected chi connectivity index (χ3v) is 6.47. The van der Waals surface area contributed by atoms with Crippen molar-refractivity contribution in [1.82, 2.24) is 4.90 Å². The predicted octanol–water partition coefficient (Wildman–Crippen LogP) is 7.67. The van der Waals surface area contributed by atoms with Gasteiger partial charge in [-0.3, -0.25) is 14.5 Å². The van der Waals surface area contributed by atoms with E-state index in [9.17, 15) is 19.8 Å². The first-order valence-electron chi connectivity index (χ1n) is 13.7. The number of rotatable bonds is 25. The number of unbranched alkanes of at least 4 members (excludes halogenated alkanes) is 16. The van der Waals surface area contributed by atoms with Gasteiger partial charge in [-0.15, -0.1) is 0 Å². The molecule has 0 unspecified atom stereocenters. The lowest BCUT2D eigenvalue weighted by Gasteiger charge is -2.29. The van der Waals surface area contributed by atoms with E-state index in [1.165, 1.54) is 89.9 Å². The van der Waals surface area contributed by atoms with Crippen molar-refractivity contribution >= 4 is 11.9 Å². The fourth-order valence-corrected chi connectivity index (χ4v) is 4.55. The minimum Gasteiger partial charge on any atom is -0.480 e. The van der Waals surface area contributed by atoms with Crippen LogP contribution in [0.15, 0.2) is 0 Å². The third-order valence-electron chi connectivity index (χ3n) is 6.47. The quantitative estimate of drug-likeness (QED) is 0.138. The first kappa shape index (κ1) is 30.9. The van der Waals surface area contributed by atoms with Gasteiger partial charge in [-0.05, 0) is 12.8 Å². The maximum atomic E-state index is 11.3. The zero-order valence-corrected chi connectivity index (χ0v) is 21.3. The zero-order valence-electron chi connectivity index (χ0n) is 21.3. The fourth-order valence-electron chi connectivity index (χ4n) is 4.55. The summed E-state index contributed by atoms with van der Waals surface area (Å²) in [5.41, 5.74) is 0. The highest BCUT2D eigenvalue weighted by atomic mass is 16.4. The van der Waals surface area contributed by atoms with Crippen LogP contribution >= 0.6 is 0 Å². The van der Waals surface area contributed by atoms with Crippen LogP contribution < -0.4 is 0 Å². The fraction of sp³-hybridized carbons (Fsp3) is 0.926. The van der Waals surface area contributed by atoms with Crippen molar-refractivity contribution in [3.8, 4) is 0 Å². The molecule has 0 aliphatic carbocycles. The SMILES string of the molecule is CCCCCCCCCCCC(CCCCCCCCCCC)N(CC(=O)O)CC(=O)O. The van der Waals surface area contributed by atoms with Crippen LogP contribution in [0.2, 0.25) is 0 Å². The summed E-state index contributed by atoms with van der Waals surface area (Å²) in [5, 5.41) is 18.5. The van der Waals surface area contributed by atoms with Gasteiger partial charge >= 0.3 is 11.9 Å². The van der Waals surface area contributed by atoms with Gasteiger partial charge in [-0.1, -0.05) is 129 Å². The maximum Gasteiger partial charge on any atom is 0.317 e. The summed E-state index contributed by atoms with van der Waals surface area (Å²) in [7, 11) is 0. The van der Waals surface area contributed by atoms with Crippen LogP contribution in [0.5, 0.6) is 0 Å². The number of carbonyl (C=O) groups is 2. The summed E-state index contributed by atoms with van der Waals surface area (Å²) >= 11 is 0. The van der Waals surface area contributed by atoms with Crippen molar-refractivity contribution in [1.29, 1.82) is 0 Å². The molecule has 0 spiro atoms. The van der Waals surface area contributed by atoms with Crippen molar-refractivity contribution in [2.75, 3.05) is 13.1 Å². The molecule has 0 rings (SSSR count). The molecule has 0 saturated heterocycles. The van der Waals surface area contributed by atoms with Crippen molar-refractivity contribution in [3.63, 3.8) is 0 Å². The molecule has 0 bridgehead atoms. The Bertz CT molecular complexity index is 403. The van der Waals surface area contributed by atoms with E-state index in [0.29, 0.717) is 0 Å². The molecule has 5 nitrogen and oxygen atoms in total. The van der Waals surface area contributed by atoms with Gasteiger partial charge < -0.3 is 10.2 Å². The molecular weight excluding hydrogens is 402 g/mol. The van der Waals surface area contributed by atoms with Gasteiger partial charge in [0.15, 0.2) is 0 Å². The molecule has 0 aliphatic heterocycles. The van der Waals surface area contributed by atoms with Crippen LogP contribution in [-0.2, 0) is 9.59 Å². The molecule has 0 fully saturated rings. The second-order valence-corrected chi connectivity index (χ2v) is 9.58. The molecular formula is C27H53NO4. The molecule has 0 radical (unpaired) electrons. The van der Waals surface area contributed by atoms with E-state index < -0.39 is 11.9 Å². The van der Waals surface area contributed by atoms with E-state index in [0.717, 1.165) is 38.5 Å². The van der Waals surface area contributed by atoms with E-state index in [1.54, 1.807) is 4.90 Å². The summed E-state index contributed by atoms with van der Waals surface area (Å²) in [6, 6.07) is 0.0660. The molecule has 0 saturated carbocycles. The predicted molar refractivity (Wildman–Crippen MR) is 134 cm³/mol. The van der Waals surface area contributed by atoms with Crippen LogP contribution in [0, 0.1) is 0 Å². The van der Waals surface area contributed by atoms with E-state index >= 15 is 0 Å². The van der Waals surface area contributed by atoms with Crippen LogP contribution in [0.3, 0.4) is 0 Å². The van der Waals surface area contributed by atoms with Gasteiger partial charge in [0, 0.05) is 6.04 Å². The molecule has 0 aromatic rings. The maximum absolute atomic E-state index is 11.3.